The number of hydrogen-bond acceptors (Lipinski definition) is 4. The van der Waals surface area contributed by atoms with E-state index in [0.717, 1.165) is 27.6 Å². The van der Waals surface area contributed by atoms with Crippen LogP contribution < -0.4 is 10.7 Å². The molecule has 1 heterocycles. The van der Waals surface area contributed by atoms with E-state index in [4.69, 9.17) is 0 Å². The average molecular weight is 513 g/mol. The largest absolute Gasteiger partial charge is 0.481 e. The Kier molecular flexibility index (Phi) is 9.30. The molecular formula is C31H36N4O3. The number of aromatic amines is 1. The number of hydrogen-bond donors (Lipinski definition) is 4. The van der Waals surface area contributed by atoms with Crippen molar-refractivity contribution in [1.82, 2.24) is 20.7 Å². The third kappa shape index (κ3) is 7.09. The minimum absolute atomic E-state index is 0.0242. The Hall–Kier alpha value is -3.94. The minimum Gasteiger partial charge on any atom is -0.481 e. The predicted molar refractivity (Wildman–Crippen MR) is 151 cm³/mol. The summed E-state index contributed by atoms with van der Waals surface area (Å²) < 4.78 is 0. The van der Waals surface area contributed by atoms with Crippen LogP contribution in [0.2, 0.25) is 0 Å². The number of H-pyrrole nitrogens is 1. The first-order valence-electron chi connectivity index (χ1n) is 13.1. The number of amides is 1. The zero-order chi connectivity index (χ0) is 26.9. The second kappa shape index (κ2) is 13.0. The third-order valence-electron chi connectivity index (χ3n) is 6.89. The number of likely N-dealkylation sites (N-methyl/N-ethyl adjacent to an activating group) is 1. The summed E-state index contributed by atoms with van der Waals surface area (Å²) in [6, 6.07) is 25.3. The van der Waals surface area contributed by atoms with E-state index in [1.807, 2.05) is 80.7 Å². The standard InChI is InChI=1S/C31H36N4O3/c1-3-35(34-25(19-30(36)37)18-24-20-32-29-16-10-9-15-28(24)29)26(17-23-12-5-4-6-13-23)21-33-31(38)27-14-8-7-11-22(27)2/h4-16,20,25-26,32,34H,3,17-19,21H2,1-2H3,(H,33,38)(H,36,37)/t25-,26?/m0/s1. The lowest BCUT2D eigenvalue weighted by atomic mass is 10.0. The minimum atomic E-state index is -0.856. The van der Waals surface area contributed by atoms with E-state index in [2.05, 4.69) is 38.9 Å². The number of benzene rings is 3. The van der Waals surface area contributed by atoms with Crippen molar-refractivity contribution in [2.75, 3.05) is 13.1 Å². The van der Waals surface area contributed by atoms with Crippen LogP contribution in [0.4, 0.5) is 0 Å². The number of carboxylic acid groups (broad SMARTS) is 1. The summed E-state index contributed by atoms with van der Waals surface area (Å²) in [5.41, 5.74) is 8.36. The highest BCUT2D eigenvalue weighted by atomic mass is 16.4. The van der Waals surface area contributed by atoms with Crippen molar-refractivity contribution in [3.63, 3.8) is 0 Å². The van der Waals surface area contributed by atoms with E-state index >= 15 is 0 Å². The van der Waals surface area contributed by atoms with E-state index < -0.39 is 5.97 Å². The Morgan fingerprint density at radius 2 is 1.66 bits per heavy atom. The molecule has 7 nitrogen and oxygen atoms in total. The maximum Gasteiger partial charge on any atom is 0.304 e. The molecule has 3 aromatic carbocycles. The second-order valence-electron chi connectivity index (χ2n) is 9.64. The molecule has 0 fully saturated rings. The molecule has 0 spiro atoms. The summed E-state index contributed by atoms with van der Waals surface area (Å²) in [5, 5.41) is 16.0. The number of carboxylic acids is 1. The van der Waals surface area contributed by atoms with Gasteiger partial charge < -0.3 is 15.4 Å². The van der Waals surface area contributed by atoms with Gasteiger partial charge in [0.15, 0.2) is 0 Å². The van der Waals surface area contributed by atoms with Gasteiger partial charge in [-0.25, -0.2) is 5.01 Å². The maximum atomic E-state index is 13.0. The van der Waals surface area contributed by atoms with Crippen molar-refractivity contribution >= 4 is 22.8 Å². The Morgan fingerprint density at radius 3 is 2.39 bits per heavy atom. The Morgan fingerprint density at radius 1 is 0.947 bits per heavy atom. The number of aliphatic carboxylic acids is 1. The number of hydrazine groups is 1. The molecule has 1 amide bonds. The number of aromatic nitrogens is 1. The van der Waals surface area contributed by atoms with Gasteiger partial charge in [-0.1, -0.05) is 73.7 Å². The average Bonchev–Trinajstić information content (AvgIpc) is 3.32. The van der Waals surface area contributed by atoms with Crippen LogP contribution >= 0.6 is 0 Å². The number of fused-ring (bicyclic) bond motifs is 1. The van der Waals surface area contributed by atoms with Gasteiger partial charge in [-0.3, -0.25) is 15.0 Å². The lowest BCUT2D eigenvalue weighted by Crippen LogP contribution is -2.55. The highest BCUT2D eigenvalue weighted by molar-refractivity contribution is 5.95. The van der Waals surface area contributed by atoms with Crippen LogP contribution in [0.3, 0.4) is 0 Å². The number of nitrogens with one attached hydrogen (secondary N) is 3. The molecule has 4 N–H and O–H groups in total. The zero-order valence-corrected chi connectivity index (χ0v) is 22.0. The summed E-state index contributed by atoms with van der Waals surface area (Å²) in [6.07, 6.45) is 3.19. The molecule has 4 aromatic rings. The summed E-state index contributed by atoms with van der Waals surface area (Å²) in [4.78, 5) is 28.1. The molecular weight excluding hydrogens is 476 g/mol. The Balaban J connectivity index is 1.54. The number of carbonyl (C=O) groups is 2. The van der Waals surface area contributed by atoms with Gasteiger partial charge in [0.1, 0.15) is 0 Å². The van der Waals surface area contributed by atoms with Gasteiger partial charge in [-0.2, -0.15) is 0 Å². The topological polar surface area (TPSA) is 97.5 Å². The number of para-hydroxylation sites is 1. The number of aryl methyl sites for hydroxylation is 1. The summed E-state index contributed by atoms with van der Waals surface area (Å²) in [6.45, 7) is 5.02. The normalized spacial score (nSPS) is 12.9. The smallest absolute Gasteiger partial charge is 0.304 e. The van der Waals surface area contributed by atoms with Crippen LogP contribution in [-0.4, -0.2) is 52.1 Å². The van der Waals surface area contributed by atoms with Crippen molar-refractivity contribution < 1.29 is 14.7 Å². The molecule has 0 aliphatic carbocycles. The molecule has 1 unspecified atom stereocenters. The zero-order valence-electron chi connectivity index (χ0n) is 22.0. The number of rotatable bonds is 13. The number of carbonyl (C=O) groups excluding carboxylic acids is 1. The van der Waals surface area contributed by atoms with Gasteiger partial charge in [0.2, 0.25) is 0 Å². The van der Waals surface area contributed by atoms with Gasteiger partial charge in [0.05, 0.1) is 6.42 Å². The Labute approximate surface area is 223 Å². The molecule has 7 heteroatoms. The molecule has 198 valence electrons. The van der Waals surface area contributed by atoms with Crippen LogP contribution in [0.1, 0.15) is 40.4 Å². The van der Waals surface area contributed by atoms with Crippen LogP contribution in [0.15, 0.2) is 85.1 Å². The molecule has 0 aliphatic heterocycles. The fraction of sp³-hybridized carbons (Fsp3) is 0.290. The third-order valence-corrected chi connectivity index (χ3v) is 6.89. The van der Waals surface area contributed by atoms with Crippen molar-refractivity contribution in [3.05, 3.63) is 107 Å². The highest BCUT2D eigenvalue weighted by Crippen LogP contribution is 2.20. The molecule has 0 saturated carbocycles. The lowest BCUT2D eigenvalue weighted by Gasteiger charge is -2.35. The highest BCUT2D eigenvalue weighted by Gasteiger charge is 2.24. The molecule has 0 aliphatic rings. The van der Waals surface area contributed by atoms with Gasteiger partial charge in [0, 0.05) is 47.8 Å². The first-order chi connectivity index (χ1) is 18.4. The van der Waals surface area contributed by atoms with E-state index in [1.165, 1.54) is 0 Å². The molecule has 2 atom stereocenters. The monoisotopic (exact) mass is 512 g/mol. The van der Waals surface area contributed by atoms with Gasteiger partial charge >= 0.3 is 5.97 Å². The molecule has 1 aromatic heterocycles. The van der Waals surface area contributed by atoms with E-state index in [-0.39, 0.29) is 24.4 Å². The Bertz CT molecular complexity index is 1350. The van der Waals surface area contributed by atoms with Gasteiger partial charge in [0.25, 0.3) is 5.91 Å². The fourth-order valence-corrected chi connectivity index (χ4v) is 4.94. The van der Waals surface area contributed by atoms with E-state index in [0.29, 0.717) is 31.5 Å². The van der Waals surface area contributed by atoms with Crippen LogP contribution in [0.25, 0.3) is 10.9 Å². The van der Waals surface area contributed by atoms with Crippen LogP contribution in [0, 0.1) is 6.92 Å². The van der Waals surface area contributed by atoms with Gasteiger partial charge in [-0.15, -0.1) is 0 Å². The molecule has 0 bridgehead atoms. The quantitative estimate of drug-likeness (QED) is 0.194. The van der Waals surface area contributed by atoms with Crippen LogP contribution in [-0.2, 0) is 17.6 Å². The SMILES string of the molecule is CCN(N[C@H](CC(=O)O)Cc1c[nH]c2ccccc12)C(CNC(=O)c1ccccc1C)Cc1ccccc1. The fourth-order valence-electron chi connectivity index (χ4n) is 4.94. The maximum absolute atomic E-state index is 13.0. The summed E-state index contributed by atoms with van der Waals surface area (Å²) >= 11 is 0. The number of nitrogens with zero attached hydrogens (tertiary/aromatic N) is 1. The first kappa shape index (κ1) is 27.1. The van der Waals surface area contributed by atoms with Crippen molar-refractivity contribution in [3.8, 4) is 0 Å². The summed E-state index contributed by atoms with van der Waals surface area (Å²) in [7, 11) is 0. The predicted octanol–water partition coefficient (Wildman–Crippen LogP) is 4.73. The van der Waals surface area contributed by atoms with Crippen LogP contribution in [0.5, 0.6) is 0 Å². The second-order valence-corrected chi connectivity index (χ2v) is 9.64. The summed E-state index contributed by atoms with van der Waals surface area (Å²) in [5.74, 6) is -0.969. The first-order valence-corrected chi connectivity index (χ1v) is 13.1. The lowest BCUT2D eigenvalue weighted by molar-refractivity contribution is -0.138. The molecule has 0 radical (unpaired) electrons. The van der Waals surface area contributed by atoms with E-state index in [9.17, 15) is 14.7 Å². The molecule has 4 rings (SSSR count). The van der Waals surface area contributed by atoms with Crippen molar-refractivity contribution in [1.29, 1.82) is 0 Å². The van der Waals surface area contributed by atoms with Crippen molar-refractivity contribution in [2.24, 2.45) is 0 Å². The van der Waals surface area contributed by atoms with Crippen molar-refractivity contribution in [2.45, 2.75) is 45.2 Å². The van der Waals surface area contributed by atoms with Gasteiger partial charge in [-0.05, 0) is 48.6 Å². The molecule has 38 heavy (non-hydrogen) atoms. The van der Waals surface area contributed by atoms with E-state index in [1.54, 1.807) is 0 Å². The molecule has 0 saturated heterocycles.